The molecule has 24 heavy (non-hydrogen) atoms. The third-order valence-corrected chi connectivity index (χ3v) is 13.4. The van der Waals surface area contributed by atoms with Crippen LogP contribution in [0.2, 0.25) is 18.1 Å². The van der Waals surface area contributed by atoms with E-state index in [0.717, 1.165) is 19.3 Å². The van der Waals surface area contributed by atoms with Gasteiger partial charge in [0.15, 0.2) is 8.32 Å². The number of allylic oxidation sites excluding steroid dienone is 1. The summed E-state index contributed by atoms with van der Waals surface area (Å²) in [5.74, 6) is 0.909. The van der Waals surface area contributed by atoms with Crippen LogP contribution in [0.1, 0.15) is 67.7 Å². The lowest BCUT2D eigenvalue weighted by Gasteiger charge is -2.54. The van der Waals surface area contributed by atoms with Gasteiger partial charge in [-0.2, -0.15) is 0 Å². The van der Waals surface area contributed by atoms with E-state index in [4.69, 9.17) is 4.43 Å². The quantitative estimate of drug-likeness (QED) is 0.522. The van der Waals surface area contributed by atoms with Crippen molar-refractivity contribution in [3.8, 4) is 0 Å². The predicted octanol–water partition coefficient (Wildman–Crippen LogP) is 5.53. The highest BCUT2D eigenvalue weighted by molar-refractivity contribution is 6.73. The van der Waals surface area contributed by atoms with Gasteiger partial charge in [0.25, 0.3) is 0 Å². The zero-order valence-electron chi connectivity index (χ0n) is 16.9. The highest BCUT2D eigenvalue weighted by Crippen LogP contribution is 2.75. The average molecular weight is 351 g/mol. The summed E-state index contributed by atoms with van der Waals surface area (Å²) in [6, 6.07) is 3.56. The van der Waals surface area contributed by atoms with E-state index in [1.807, 2.05) is 0 Å². The Balaban J connectivity index is 2.12. The van der Waals surface area contributed by atoms with Crippen molar-refractivity contribution in [2.24, 2.45) is 22.7 Å². The summed E-state index contributed by atoms with van der Waals surface area (Å²) >= 11 is 0. The smallest absolute Gasteiger partial charge is 0.192 e. The molecule has 3 rings (SSSR count). The van der Waals surface area contributed by atoms with Crippen LogP contribution >= 0.6 is 0 Å². The van der Waals surface area contributed by atoms with Crippen LogP contribution in [0.5, 0.6) is 0 Å². The summed E-state index contributed by atoms with van der Waals surface area (Å²) in [5.41, 5.74) is 0.758. The van der Waals surface area contributed by atoms with Crippen LogP contribution in [0.3, 0.4) is 0 Å². The van der Waals surface area contributed by atoms with E-state index in [-0.39, 0.29) is 16.9 Å². The molecule has 0 amide bonds. The molecule has 0 aliphatic heterocycles. The molecule has 2 unspecified atom stereocenters. The maximum atomic E-state index is 11.9. The Bertz CT molecular complexity index is 528. The number of rotatable bonds is 5. The molecule has 3 heteroatoms. The summed E-state index contributed by atoms with van der Waals surface area (Å²) in [7, 11) is -1.70. The first kappa shape index (κ1) is 18.7. The van der Waals surface area contributed by atoms with Crippen molar-refractivity contribution in [1.82, 2.24) is 0 Å². The SMILES string of the molecule is CC[Si](CC)(CC)OC1C[C@@H](C)[C@@]2(O)C[C@@H]3CC=C(C)C12C3(C)C. The lowest BCUT2D eigenvalue weighted by Crippen LogP contribution is -2.58. The fourth-order valence-corrected chi connectivity index (χ4v) is 9.92. The number of fused-ring (bicyclic) bond motifs is 1. The van der Waals surface area contributed by atoms with Crippen molar-refractivity contribution in [3.05, 3.63) is 11.6 Å². The molecule has 0 radical (unpaired) electrons. The van der Waals surface area contributed by atoms with Crippen LogP contribution in [0.25, 0.3) is 0 Å². The third-order valence-electron chi connectivity index (χ3n) is 8.80. The molecule has 0 saturated heterocycles. The molecule has 3 aliphatic rings. The molecule has 2 fully saturated rings. The monoisotopic (exact) mass is 350 g/mol. The van der Waals surface area contributed by atoms with E-state index in [1.165, 1.54) is 23.7 Å². The molecule has 0 heterocycles. The van der Waals surface area contributed by atoms with Gasteiger partial charge in [-0.25, -0.2) is 0 Å². The second kappa shape index (κ2) is 5.69. The van der Waals surface area contributed by atoms with Crippen molar-refractivity contribution in [2.75, 3.05) is 0 Å². The minimum absolute atomic E-state index is 0.116. The highest BCUT2D eigenvalue weighted by atomic mass is 28.4. The average Bonchev–Trinajstić information content (AvgIpc) is 2.80. The van der Waals surface area contributed by atoms with E-state index < -0.39 is 13.9 Å². The molecular formula is C21H38O2Si. The van der Waals surface area contributed by atoms with Gasteiger partial charge in [0.1, 0.15) is 0 Å². The second-order valence-corrected chi connectivity index (χ2v) is 14.2. The molecule has 0 aromatic carbocycles. The Morgan fingerprint density at radius 1 is 1.21 bits per heavy atom. The van der Waals surface area contributed by atoms with E-state index >= 15 is 0 Å². The van der Waals surface area contributed by atoms with Gasteiger partial charge in [-0.05, 0) is 61.6 Å². The van der Waals surface area contributed by atoms with Crippen molar-refractivity contribution >= 4 is 8.32 Å². The Morgan fingerprint density at radius 2 is 1.79 bits per heavy atom. The van der Waals surface area contributed by atoms with Crippen LogP contribution in [0.4, 0.5) is 0 Å². The first-order chi connectivity index (χ1) is 11.1. The van der Waals surface area contributed by atoms with E-state index in [9.17, 15) is 5.11 Å². The Hall–Kier alpha value is -0.123. The van der Waals surface area contributed by atoms with Gasteiger partial charge < -0.3 is 9.53 Å². The van der Waals surface area contributed by atoms with Crippen molar-refractivity contribution in [1.29, 1.82) is 0 Å². The maximum Gasteiger partial charge on any atom is 0.192 e. The van der Waals surface area contributed by atoms with Crippen molar-refractivity contribution in [3.63, 3.8) is 0 Å². The molecular weight excluding hydrogens is 312 g/mol. The van der Waals surface area contributed by atoms with Crippen LogP contribution in [-0.2, 0) is 4.43 Å². The second-order valence-electron chi connectivity index (χ2n) is 9.46. The molecule has 138 valence electrons. The molecule has 5 atom stereocenters. The lowest BCUT2D eigenvalue weighted by atomic mass is 9.54. The summed E-state index contributed by atoms with van der Waals surface area (Å²) in [4.78, 5) is 0. The topological polar surface area (TPSA) is 29.5 Å². The minimum Gasteiger partial charge on any atom is -0.413 e. The first-order valence-corrected chi connectivity index (χ1v) is 12.8. The Morgan fingerprint density at radius 3 is 2.33 bits per heavy atom. The fraction of sp³-hybridized carbons (Fsp3) is 0.905. The zero-order valence-corrected chi connectivity index (χ0v) is 17.9. The third kappa shape index (κ3) is 1.95. The van der Waals surface area contributed by atoms with Crippen LogP contribution < -0.4 is 0 Å². The van der Waals surface area contributed by atoms with Gasteiger partial charge in [0.2, 0.25) is 0 Å². The minimum atomic E-state index is -1.70. The van der Waals surface area contributed by atoms with Gasteiger partial charge in [0.05, 0.1) is 17.1 Å². The lowest BCUT2D eigenvalue weighted by molar-refractivity contribution is -0.111. The Kier molecular flexibility index (Phi) is 4.42. The molecule has 2 bridgehead atoms. The van der Waals surface area contributed by atoms with Crippen molar-refractivity contribution in [2.45, 2.75) is 97.6 Å². The van der Waals surface area contributed by atoms with Gasteiger partial charge in [-0.15, -0.1) is 0 Å². The highest BCUT2D eigenvalue weighted by Gasteiger charge is 2.77. The summed E-state index contributed by atoms with van der Waals surface area (Å²) in [6.45, 7) is 16.3. The Labute approximate surface area is 150 Å². The molecule has 3 aliphatic carbocycles. The maximum absolute atomic E-state index is 11.9. The van der Waals surface area contributed by atoms with Gasteiger partial charge in [-0.1, -0.05) is 53.2 Å². The van der Waals surface area contributed by atoms with Crippen molar-refractivity contribution < 1.29 is 9.53 Å². The van der Waals surface area contributed by atoms with Gasteiger partial charge >= 0.3 is 0 Å². The molecule has 1 spiro atoms. The van der Waals surface area contributed by atoms with Crippen LogP contribution in [-0.4, -0.2) is 25.1 Å². The number of aliphatic hydroxyl groups is 1. The van der Waals surface area contributed by atoms with E-state index in [0.29, 0.717) is 11.8 Å². The van der Waals surface area contributed by atoms with Gasteiger partial charge in [0, 0.05) is 0 Å². The molecule has 0 aromatic heterocycles. The normalized spacial score (nSPS) is 43.7. The summed E-state index contributed by atoms with van der Waals surface area (Å²) in [6.07, 6.45) is 5.72. The zero-order chi connectivity index (χ0) is 18.0. The largest absolute Gasteiger partial charge is 0.413 e. The van der Waals surface area contributed by atoms with Crippen LogP contribution in [0.15, 0.2) is 11.6 Å². The summed E-state index contributed by atoms with van der Waals surface area (Å²) < 4.78 is 7.12. The first-order valence-electron chi connectivity index (χ1n) is 10.2. The molecule has 1 N–H and O–H groups in total. The standard InChI is InChI=1S/C21H38O2Si/c1-8-24(9-2,10-3)23-18-13-16(5)20(22)14-17-12-11-15(4)21(18,20)19(17,6)7/h11,16-18,22H,8-10,12-14H2,1-7H3/t16-,17+,18?,20+,21?/m1/s1. The fourth-order valence-electron chi connectivity index (χ4n) is 7.05. The van der Waals surface area contributed by atoms with E-state index in [2.05, 4.69) is 54.5 Å². The van der Waals surface area contributed by atoms with E-state index in [1.54, 1.807) is 0 Å². The molecule has 2 nitrogen and oxygen atoms in total. The van der Waals surface area contributed by atoms with Gasteiger partial charge in [-0.3, -0.25) is 0 Å². The predicted molar refractivity (Wildman–Crippen MR) is 103 cm³/mol. The molecule has 2 saturated carbocycles. The number of hydrogen-bond acceptors (Lipinski definition) is 2. The van der Waals surface area contributed by atoms with Crippen LogP contribution in [0, 0.1) is 22.7 Å². The number of hydrogen-bond donors (Lipinski definition) is 1. The molecule has 0 aromatic rings. The summed E-state index contributed by atoms with van der Waals surface area (Å²) in [5, 5.41) is 11.9.